The standard InChI is InChI=1S/C17H18N2O4/c1-3-23-16-10-12(4-9-15(16)22-2)11-18-19-14-7-5-13(6-8-14)17(20)21/h4-11,19H,3H2,1-2H3,(H,20,21)/b18-11+. The largest absolute Gasteiger partial charge is 0.493 e. The molecule has 0 bridgehead atoms. The van der Waals surface area contributed by atoms with Crippen LogP contribution in [0.4, 0.5) is 5.69 Å². The molecule has 6 nitrogen and oxygen atoms in total. The third kappa shape index (κ3) is 4.47. The molecule has 2 aromatic carbocycles. The smallest absolute Gasteiger partial charge is 0.335 e. The van der Waals surface area contributed by atoms with E-state index in [2.05, 4.69) is 10.5 Å². The highest BCUT2D eigenvalue weighted by Gasteiger charge is 2.04. The van der Waals surface area contributed by atoms with Crippen molar-refractivity contribution in [1.29, 1.82) is 0 Å². The average Bonchev–Trinajstić information content (AvgIpc) is 2.56. The molecule has 0 aliphatic heterocycles. The predicted molar refractivity (Wildman–Crippen MR) is 88.8 cm³/mol. The lowest BCUT2D eigenvalue weighted by molar-refractivity contribution is 0.0697. The highest BCUT2D eigenvalue weighted by molar-refractivity contribution is 5.88. The molecule has 0 aromatic heterocycles. The number of rotatable bonds is 7. The van der Waals surface area contributed by atoms with Crippen LogP contribution >= 0.6 is 0 Å². The Morgan fingerprint density at radius 2 is 1.96 bits per heavy atom. The summed E-state index contributed by atoms with van der Waals surface area (Å²) < 4.78 is 10.7. The van der Waals surface area contributed by atoms with Crippen LogP contribution in [-0.4, -0.2) is 31.0 Å². The first-order valence-corrected chi connectivity index (χ1v) is 7.07. The molecule has 0 aliphatic carbocycles. The van der Waals surface area contributed by atoms with Gasteiger partial charge in [0.05, 0.1) is 31.2 Å². The molecule has 6 heteroatoms. The Morgan fingerprint density at radius 1 is 1.22 bits per heavy atom. The molecule has 0 fully saturated rings. The van der Waals surface area contributed by atoms with Crippen molar-refractivity contribution in [2.45, 2.75) is 6.92 Å². The molecule has 0 unspecified atom stereocenters. The third-order valence-electron chi connectivity index (χ3n) is 3.03. The van der Waals surface area contributed by atoms with Crippen molar-refractivity contribution in [3.8, 4) is 11.5 Å². The number of hydrazone groups is 1. The molecule has 120 valence electrons. The number of carboxylic acid groups (broad SMARTS) is 1. The summed E-state index contributed by atoms with van der Waals surface area (Å²) in [6, 6.07) is 11.8. The van der Waals surface area contributed by atoms with Crippen molar-refractivity contribution in [3.63, 3.8) is 0 Å². The summed E-state index contributed by atoms with van der Waals surface area (Å²) in [6.45, 7) is 2.45. The lowest BCUT2D eigenvalue weighted by Gasteiger charge is -2.09. The van der Waals surface area contributed by atoms with Crippen LogP contribution in [0.2, 0.25) is 0 Å². The Kier molecular flexibility index (Phi) is 5.57. The van der Waals surface area contributed by atoms with Gasteiger partial charge in [0.25, 0.3) is 0 Å². The second-order valence-corrected chi connectivity index (χ2v) is 4.60. The number of aromatic carboxylic acids is 1. The first-order chi connectivity index (χ1) is 11.1. The van der Waals surface area contributed by atoms with Crippen LogP contribution < -0.4 is 14.9 Å². The van der Waals surface area contributed by atoms with E-state index in [0.717, 1.165) is 5.56 Å². The molecule has 0 atom stereocenters. The Labute approximate surface area is 134 Å². The van der Waals surface area contributed by atoms with Crippen LogP contribution in [0.1, 0.15) is 22.8 Å². The minimum Gasteiger partial charge on any atom is -0.493 e. The zero-order valence-electron chi connectivity index (χ0n) is 12.9. The Balaban J connectivity index is 2.05. The minimum atomic E-state index is -0.957. The van der Waals surface area contributed by atoms with Crippen molar-refractivity contribution >= 4 is 17.9 Å². The van der Waals surface area contributed by atoms with E-state index in [1.54, 1.807) is 25.5 Å². The van der Waals surface area contributed by atoms with Crippen LogP contribution in [0.15, 0.2) is 47.6 Å². The van der Waals surface area contributed by atoms with E-state index in [4.69, 9.17) is 14.6 Å². The topological polar surface area (TPSA) is 80.2 Å². The molecule has 0 aliphatic rings. The van der Waals surface area contributed by atoms with Gasteiger partial charge in [-0.3, -0.25) is 5.43 Å². The number of benzene rings is 2. The summed E-state index contributed by atoms with van der Waals surface area (Å²) in [4.78, 5) is 10.8. The Hall–Kier alpha value is -3.02. The molecule has 0 heterocycles. The molecular weight excluding hydrogens is 296 g/mol. The second-order valence-electron chi connectivity index (χ2n) is 4.60. The van der Waals surface area contributed by atoms with Gasteiger partial charge < -0.3 is 14.6 Å². The maximum absolute atomic E-state index is 10.8. The van der Waals surface area contributed by atoms with E-state index in [-0.39, 0.29) is 5.56 Å². The highest BCUT2D eigenvalue weighted by atomic mass is 16.5. The zero-order chi connectivity index (χ0) is 16.7. The number of nitrogens with one attached hydrogen (secondary N) is 1. The quantitative estimate of drug-likeness (QED) is 0.606. The molecule has 0 saturated carbocycles. The normalized spacial score (nSPS) is 10.5. The van der Waals surface area contributed by atoms with Crippen molar-refractivity contribution in [2.75, 3.05) is 19.1 Å². The fraction of sp³-hybridized carbons (Fsp3) is 0.176. The van der Waals surface area contributed by atoms with Gasteiger partial charge in [-0.15, -0.1) is 0 Å². The van der Waals surface area contributed by atoms with Gasteiger partial charge in [-0.25, -0.2) is 4.79 Å². The number of anilines is 1. The van der Waals surface area contributed by atoms with Crippen molar-refractivity contribution in [2.24, 2.45) is 5.10 Å². The SMILES string of the molecule is CCOc1cc(/C=N/Nc2ccc(C(=O)O)cc2)ccc1OC. The first kappa shape index (κ1) is 16.4. The summed E-state index contributed by atoms with van der Waals surface area (Å²) in [5.41, 5.74) is 4.63. The highest BCUT2D eigenvalue weighted by Crippen LogP contribution is 2.27. The van der Waals surface area contributed by atoms with E-state index in [1.165, 1.54) is 12.1 Å². The number of methoxy groups -OCH3 is 1. The molecule has 2 rings (SSSR count). The van der Waals surface area contributed by atoms with E-state index < -0.39 is 5.97 Å². The molecule has 0 amide bonds. The van der Waals surface area contributed by atoms with Gasteiger partial charge in [0.1, 0.15) is 0 Å². The van der Waals surface area contributed by atoms with Crippen LogP contribution in [0.5, 0.6) is 11.5 Å². The van der Waals surface area contributed by atoms with Crippen LogP contribution in [0.3, 0.4) is 0 Å². The van der Waals surface area contributed by atoms with Crippen molar-refractivity contribution in [3.05, 3.63) is 53.6 Å². The molecule has 0 radical (unpaired) electrons. The number of hydrogen-bond acceptors (Lipinski definition) is 5. The van der Waals surface area contributed by atoms with E-state index in [1.807, 2.05) is 25.1 Å². The van der Waals surface area contributed by atoms with Gasteiger partial charge in [0.2, 0.25) is 0 Å². The maximum Gasteiger partial charge on any atom is 0.335 e. The van der Waals surface area contributed by atoms with Crippen molar-refractivity contribution < 1.29 is 19.4 Å². The maximum atomic E-state index is 10.8. The first-order valence-electron chi connectivity index (χ1n) is 7.07. The van der Waals surface area contributed by atoms with Crippen LogP contribution in [0, 0.1) is 0 Å². The van der Waals surface area contributed by atoms with Crippen LogP contribution in [-0.2, 0) is 0 Å². The number of hydrogen-bond donors (Lipinski definition) is 2. The number of nitrogens with zero attached hydrogens (tertiary/aromatic N) is 1. The number of carbonyl (C=O) groups is 1. The fourth-order valence-corrected chi connectivity index (χ4v) is 1.91. The number of carboxylic acids is 1. The summed E-state index contributed by atoms with van der Waals surface area (Å²) in [7, 11) is 1.59. The lowest BCUT2D eigenvalue weighted by atomic mass is 10.2. The van der Waals surface area contributed by atoms with E-state index in [9.17, 15) is 4.79 Å². The number of ether oxygens (including phenoxy) is 2. The van der Waals surface area contributed by atoms with Crippen LogP contribution in [0.25, 0.3) is 0 Å². The third-order valence-corrected chi connectivity index (χ3v) is 3.03. The minimum absolute atomic E-state index is 0.232. The second kappa shape index (κ2) is 7.84. The zero-order valence-corrected chi connectivity index (χ0v) is 12.9. The molecule has 23 heavy (non-hydrogen) atoms. The molecule has 0 saturated heterocycles. The van der Waals surface area contributed by atoms with E-state index >= 15 is 0 Å². The van der Waals surface area contributed by atoms with Gasteiger partial charge in [0.15, 0.2) is 11.5 Å². The monoisotopic (exact) mass is 314 g/mol. The fourth-order valence-electron chi connectivity index (χ4n) is 1.91. The Morgan fingerprint density at radius 3 is 2.57 bits per heavy atom. The molecule has 2 aromatic rings. The van der Waals surface area contributed by atoms with E-state index in [0.29, 0.717) is 23.8 Å². The van der Waals surface area contributed by atoms with Gasteiger partial charge in [-0.2, -0.15) is 5.10 Å². The summed E-state index contributed by atoms with van der Waals surface area (Å²) in [5.74, 6) is 0.368. The van der Waals surface area contributed by atoms with Gasteiger partial charge in [-0.05, 0) is 55.0 Å². The summed E-state index contributed by atoms with van der Waals surface area (Å²) >= 11 is 0. The van der Waals surface area contributed by atoms with Gasteiger partial charge in [-0.1, -0.05) is 0 Å². The van der Waals surface area contributed by atoms with Crippen molar-refractivity contribution in [1.82, 2.24) is 0 Å². The molecule has 0 spiro atoms. The predicted octanol–water partition coefficient (Wildman–Crippen LogP) is 3.24. The van der Waals surface area contributed by atoms with Gasteiger partial charge >= 0.3 is 5.97 Å². The molecule has 2 N–H and O–H groups in total. The Bertz CT molecular complexity index is 696. The summed E-state index contributed by atoms with van der Waals surface area (Å²) in [6.07, 6.45) is 1.65. The lowest BCUT2D eigenvalue weighted by Crippen LogP contribution is -1.98. The average molecular weight is 314 g/mol. The molecular formula is C17H18N2O4. The van der Waals surface area contributed by atoms with Gasteiger partial charge in [0, 0.05) is 0 Å². The summed E-state index contributed by atoms with van der Waals surface area (Å²) in [5, 5.41) is 13.0.